The van der Waals surface area contributed by atoms with Crippen molar-refractivity contribution in [2.45, 2.75) is 31.5 Å². The van der Waals surface area contributed by atoms with Gasteiger partial charge in [-0.2, -0.15) is 0 Å². The highest BCUT2D eigenvalue weighted by Crippen LogP contribution is 1.93. The molecule has 0 radical (unpaired) electrons. The van der Waals surface area contributed by atoms with Gasteiger partial charge in [0.1, 0.15) is 0 Å². The van der Waals surface area contributed by atoms with Crippen LogP contribution in [0.3, 0.4) is 0 Å². The van der Waals surface area contributed by atoms with Crippen molar-refractivity contribution in [2.24, 2.45) is 0 Å². The zero-order valence-corrected chi connectivity index (χ0v) is 8.79. The fourth-order valence-corrected chi connectivity index (χ4v) is 0.683. The second-order valence-electron chi connectivity index (χ2n) is 3.03. The van der Waals surface area contributed by atoms with Crippen molar-refractivity contribution in [1.29, 1.82) is 0 Å². The van der Waals surface area contributed by atoms with Crippen LogP contribution in [0.4, 0.5) is 0 Å². The van der Waals surface area contributed by atoms with E-state index < -0.39 is 12.2 Å². The van der Waals surface area contributed by atoms with Gasteiger partial charge >= 0.3 is 0 Å². The molecule has 0 heterocycles. The van der Waals surface area contributed by atoms with E-state index in [0.29, 0.717) is 12.8 Å². The Morgan fingerprint density at radius 2 is 0.933 bits per heavy atom. The topological polar surface area (TPSA) is 121 Å². The standard InChI is InChI=1S/C5H12O3.C4H10O3/c6-3-1-5(8)2-4-7;5-2-1-4(7)3-6/h5-8H,1-4H2;4-7H,1-3H2. The molecule has 0 amide bonds. The van der Waals surface area contributed by atoms with Gasteiger partial charge in [-0.15, -0.1) is 0 Å². The minimum Gasteiger partial charge on any atom is -0.396 e. The molecule has 0 aliphatic heterocycles. The Bertz CT molecular complexity index is 105. The van der Waals surface area contributed by atoms with Crippen molar-refractivity contribution in [1.82, 2.24) is 0 Å². The number of rotatable bonds is 7. The number of hydrogen-bond donors (Lipinski definition) is 6. The largest absolute Gasteiger partial charge is 0.396 e. The molecule has 6 heteroatoms. The molecule has 0 aliphatic rings. The lowest BCUT2D eigenvalue weighted by molar-refractivity contribution is 0.0721. The Morgan fingerprint density at radius 1 is 0.600 bits per heavy atom. The normalized spacial score (nSPS) is 12.2. The van der Waals surface area contributed by atoms with Gasteiger partial charge in [-0.25, -0.2) is 0 Å². The molecule has 94 valence electrons. The summed E-state index contributed by atoms with van der Waals surface area (Å²) in [7, 11) is 0. The molecular weight excluding hydrogens is 204 g/mol. The molecule has 15 heavy (non-hydrogen) atoms. The molecular formula is C9H22O6. The van der Waals surface area contributed by atoms with Crippen LogP contribution in [0, 0.1) is 0 Å². The number of aliphatic hydroxyl groups is 6. The molecule has 0 rings (SSSR count). The van der Waals surface area contributed by atoms with E-state index in [1.807, 2.05) is 0 Å². The zero-order chi connectivity index (χ0) is 12.1. The van der Waals surface area contributed by atoms with Gasteiger partial charge < -0.3 is 30.6 Å². The smallest absolute Gasteiger partial charge is 0.0792 e. The monoisotopic (exact) mass is 226 g/mol. The summed E-state index contributed by atoms with van der Waals surface area (Å²) in [4.78, 5) is 0. The van der Waals surface area contributed by atoms with Gasteiger partial charge in [0.05, 0.1) is 18.8 Å². The van der Waals surface area contributed by atoms with E-state index in [9.17, 15) is 0 Å². The van der Waals surface area contributed by atoms with E-state index in [1.165, 1.54) is 0 Å². The van der Waals surface area contributed by atoms with Gasteiger partial charge in [-0.1, -0.05) is 0 Å². The first-order valence-corrected chi connectivity index (χ1v) is 4.91. The van der Waals surface area contributed by atoms with Gasteiger partial charge in [0, 0.05) is 19.8 Å². The van der Waals surface area contributed by atoms with Gasteiger partial charge in [-0.3, -0.25) is 0 Å². The predicted molar refractivity (Wildman–Crippen MR) is 54.2 cm³/mol. The lowest BCUT2D eigenvalue weighted by Crippen LogP contribution is -2.12. The average molecular weight is 226 g/mol. The minimum absolute atomic E-state index is 0.0127. The Balaban J connectivity index is 0. The second-order valence-corrected chi connectivity index (χ2v) is 3.03. The minimum atomic E-state index is -0.745. The molecule has 0 saturated heterocycles. The molecule has 6 N–H and O–H groups in total. The third-order valence-electron chi connectivity index (χ3n) is 1.60. The molecule has 0 fully saturated rings. The molecule has 0 aromatic heterocycles. The van der Waals surface area contributed by atoms with Crippen molar-refractivity contribution < 1.29 is 30.6 Å². The van der Waals surface area contributed by atoms with Crippen LogP contribution in [0.15, 0.2) is 0 Å². The Hall–Kier alpha value is -0.240. The molecule has 0 bridgehead atoms. The van der Waals surface area contributed by atoms with Crippen molar-refractivity contribution in [3.05, 3.63) is 0 Å². The van der Waals surface area contributed by atoms with E-state index in [2.05, 4.69) is 0 Å². The summed E-state index contributed by atoms with van der Waals surface area (Å²) in [6.07, 6.45) is -0.299. The van der Waals surface area contributed by atoms with E-state index in [1.54, 1.807) is 0 Å². The van der Waals surface area contributed by atoms with Gasteiger partial charge in [-0.05, 0) is 19.3 Å². The Kier molecular flexibility index (Phi) is 15.7. The fourth-order valence-electron chi connectivity index (χ4n) is 0.683. The van der Waals surface area contributed by atoms with Crippen LogP contribution in [-0.4, -0.2) is 69.3 Å². The van der Waals surface area contributed by atoms with Gasteiger partial charge in [0.25, 0.3) is 0 Å². The maximum Gasteiger partial charge on any atom is 0.0792 e. The summed E-state index contributed by atoms with van der Waals surface area (Å²) in [6, 6.07) is 0. The summed E-state index contributed by atoms with van der Waals surface area (Å²) in [6.45, 7) is -0.357. The summed E-state index contributed by atoms with van der Waals surface area (Å²) in [5.74, 6) is 0. The first-order chi connectivity index (χ1) is 7.12. The molecule has 0 aromatic rings. The number of aliphatic hydroxyl groups excluding tert-OH is 6. The summed E-state index contributed by atoms with van der Waals surface area (Å²) in [5.41, 5.74) is 0. The maximum atomic E-state index is 8.73. The number of hydrogen-bond acceptors (Lipinski definition) is 6. The van der Waals surface area contributed by atoms with Crippen LogP contribution in [-0.2, 0) is 0 Å². The van der Waals surface area contributed by atoms with Crippen LogP contribution >= 0.6 is 0 Å². The first-order valence-electron chi connectivity index (χ1n) is 4.91. The average Bonchev–Trinajstić information content (AvgIpc) is 2.20. The predicted octanol–water partition coefficient (Wildman–Crippen LogP) is -2.17. The van der Waals surface area contributed by atoms with Crippen molar-refractivity contribution in [2.75, 3.05) is 26.4 Å². The lowest BCUT2D eigenvalue weighted by Gasteiger charge is -2.03. The molecule has 0 aliphatic carbocycles. The molecule has 0 aromatic carbocycles. The van der Waals surface area contributed by atoms with Crippen LogP contribution in [0.1, 0.15) is 19.3 Å². The highest BCUT2D eigenvalue weighted by atomic mass is 16.3. The van der Waals surface area contributed by atoms with Gasteiger partial charge in [0.2, 0.25) is 0 Å². The second kappa shape index (κ2) is 13.8. The third-order valence-corrected chi connectivity index (χ3v) is 1.60. The van der Waals surface area contributed by atoms with Gasteiger partial charge in [0.15, 0.2) is 0 Å². The van der Waals surface area contributed by atoms with Crippen LogP contribution in [0.5, 0.6) is 0 Å². The Labute approximate surface area is 89.4 Å². The quantitative estimate of drug-likeness (QED) is 0.294. The molecule has 1 unspecified atom stereocenters. The summed E-state index contributed by atoms with van der Waals surface area (Å²) >= 11 is 0. The van der Waals surface area contributed by atoms with Crippen LogP contribution in [0.2, 0.25) is 0 Å². The van der Waals surface area contributed by atoms with Crippen molar-refractivity contribution in [3.63, 3.8) is 0 Å². The molecule has 0 spiro atoms. The Morgan fingerprint density at radius 3 is 1.13 bits per heavy atom. The molecule has 6 nitrogen and oxygen atoms in total. The fraction of sp³-hybridized carbons (Fsp3) is 1.00. The maximum absolute atomic E-state index is 8.73. The van der Waals surface area contributed by atoms with E-state index in [0.717, 1.165) is 0 Å². The highest BCUT2D eigenvalue weighted by molar-refractivity contribution is 4.51. The van der Waals surface area contributed by atoms with Crippen molar-refractivity contribution >= 4 is 0 Å². The summed E-state index contributed by atoms with van der Waals surface area (Å²) < 4.78 is 0. The van der Waals surface area contributed by atoms with Crippen LogP contribution in [0.25, 0.3) is 0 Å². The van der Waals surface area contributed by atoms with Crippen molar-refractivity contribution in [3.8, 4) is 0 Å². The van der Waals surface area contributed by atoms with E-state index in [-0.39, 0.29) is 32.8 Å². The summed E-state index contributed by atoms with van der Waals surface area (Å²) in [5, 5.41) is 49.8. The zero-order valence-electron chi connectivity index (χ0n) is 8.79. The molecule has 0 saturated carbocycles. The first kappa shape index (κ1) is 17.2. The van der Waals surface area contributed by atoms with E-state index in [4.69, 9.17) is 30.6 Å². The SMILES string of the molecule is OCCC(O)CCO.OCCC(O)CO. The highest BCUT2D eigenvalue weighted by Gasteiger charge is 1.99. The molecule has 1 atom stereocenters. The van der Waals surface area contributed by atoms with E-state index >= 15 is 0 Å². The van der Waals surface area contributed by atoms with Crippen LogP contribution < -0.4 is 0 Å². The lowest BCUT2D eigenvalue weighted by atomic mass is 10.2. The third kappa shape index (κ3) is 16.4.